The Kier molecular flexibility index (Phi) is 5.36. The van der Waals surface area contributed by atoms with Gasteiger partial charge in [-0.3, -0.25) is 4.79 Å². The number of carbonyl (C=O) groups excluding carboxylic acids is 1. The van der Waals surface area contributed by atoms with E-state index >= 15 is 0 Å². The molecule has 4 heteroatoms. The Balaban J connectivity index is 1.59. The molecule has 1 aliphatic rings. The Morgan fingerprint density at radius 3 is 2.39 bits per heavy atom. The van der Waals surface area contributed by atoms with Crippen molar-refractivity contribution in [1.82, 2.24) is 0 Å². The van der Waals surface area contributed by atoms with Crippen LogP contribution >= 0.6 is 11.6 Å². The largest absolute Gasteiger partial charge is 0.370 e. The van der Waals surface area contributed by atoms with Crippen molar-refractivity contribution in [3.05, 3.63) is 88.4 Å². The van der Waals surface area contributed by atoms with Gasteiger partial charge in [0.05, 0.1) is 16.4 Å². The molecule has 0 unspecified atom stereocenters. The molecule has 0 atom stereocenters. The van der Waals surface area contributed by atoms with Crippen LogP contribution in [0.15, 0.2) is 66.7 Å². The summed E-state index contributed by atoms with van der Waals surface area (Å²) in [6, 6.07) is 21.4. The maximum Gasteiger partial charge on any atom is 0.194 e. The fourth-order valence-corrected chi connectivity index (χ4v) is 3.98. The third-order valence-electron chi connectivity index (χ3n) is 5.23. The van der Waals surface area contributed by atoms with Crippen molar-refractivity contribution >= 4 is 34.4 Å². The van der Waals surface area contributed by atoms with E-state index in [9.17, 15) is 4.79 Å². The molecule has 28 heavy (non-hydrogen) atoms. The molecule has 3 aromatic rings. The Morgan fingerprint density at radius 1 is 0.929 bits per heavy atom. The van der Waals surface area contributed by atoms with Gasteiger partial charge in [0, 0.05) is 29.9 Å². The zero-order valence-corrected chi connectivity index (χ0v) is 16.7. The van der Waals surface area contributed by atoms with Gasteiger partial charge in [0.25, 0.3) is 0 Å². The van der Waals surface area contributed by atoms with Crippen molar-refractivity contribution < 1.29 is 4.79 Å². The fourth-order valence-electron chi connectivity index (χ4n) is 3.72. The molecule has 0 aliphatic carbocycles. The van der Waals surface area contributed by atoms with Crippen molar-refractivity contribution in [3.8, 4) is 0 Å². The molecule has 1 fully saturated rings. The van der Waals surface area contributed by atoms with E-state index < -0.39 is 0 Å². The quantitative estimate of drug-likeness (QED) is 0.524. The van der Waals surface area contributed by atoms with Crippen LogP contribution in [-0.2, 0) is 0 Å². The number of rotatable bonds is 5. The van der Waals surface area contributed by atoms with Crippen molar-refractivity contribution in [2.24, 2.45) is 0 Å². The maximum absolute atomic E-state index is 12.9. The highest BCUT2D eigenvalue weighted by Crippen LogP contribution is 2.32. The number of halogens is 1. The molecule has 1 N–H and O–H groups in total. The molecule has 1 heterocycles. The Labute approximate surface area is 171 Å². The summed E-state index contributed by atoms with van der Waals surface area (Å²) in [5, 5.41) is 3.93. The Bertz CT molecular complexity index is 1010. The molecule has 0 amide bonds. The monoisotopic (exact) mass is 390 g/mol. The summed E-state index contributed by atoms with van der Waals surface area (Å²) in [5.74, 6) is -0.0490. The van der Waals surface area contributed by atoms with Crippen LogP contribution in [0.2, 0.25) is 5.02 Å². The molecule has 0 aromatic heterocycles. The number of hydrogen-bond donors (Lipinski definition) is 1. The molecule has 0 saturated carbocycles. The minimum absolute atomic E-state index is 0.0490. The van der Waals surface area contributed by atoms with E-state index in [-0.39, 0.29) is 5.78 Å². The summed E-state index contributed by atoms with van der Waals surface area (Å²) < 4.78 is 0. The predicted octanol–water partition coefficient (Wildman–Crippen LogP) is 6.22. The standard InChI is InChI=1S/C24H23ClN2O/c1-17-8-2-3-9-19(17)24(28)20-13-12-18(16-21(20)25)26-22-10-4-5-11-23(22)27-14-6-7-15-27/h2-5,8-13,16,26H,6-7,14-15H2,1H3. The minimum Gasteiger partial charge on any atom is -0.370 e. The van der Waals surface area contributed by atoms with Crippen molar-refractivity contribution in [2.45, 2.75) is 19.8 Å². The Hall–Kier alpha value is -2.78. The molecule has 142 valence electrons. The van der Waals surface area contributed by atoms with Gasteiger partial charge in [-0.25, -0.2) is 0 Å². The van der Waals surface area contributed by atoms with Gasteiger partial charge in [0.15, 0.2) is 5.78 Å². The van der Waals surface area contributed by atoms with Crippen LogP contribution in [0.1, 0.15) is 34.3 Å². The van der Waals surface area contributed by atoms with Crippen LogP contribution in [-0.4, -0.2) is 18.9 Å². The van der Waals surface area contributed by atoms with E-state index in [1.807, 2.05) is 49.4 Å². The van der Waals surface area contributed by atoms with Gasteiger partial charge >= 0.3 is 0 Å². The van der Waals surface area contributed by atoms with E-state index in [4.69, 9.17) is 11.6 Å². The van der Waals surface area contributed by atoms with Crippen LogP contribution < -0.4 is 10.2 Å². The van der Waals surface area contributed by atoms with Gasteiger partial charge in [0.1, 0.15) is 0 Å². The molecule has 0 spiro atoms. The molecule has 1 saturated heterocycles. The first-order valence-electron chi connectivity index (χ1n) is 9.64. The molecule has 3 aromatic carbocycles. The number of hydrogen-bond acceptors (Lipinski definition) is 3. The SMILES string of the molecule is Cc1ccccc1C(=O)c1ccc(Nc2ccccc2N2CCCC2)cc1Cl. The number of ketones is 1. The van der Waals surface area contributed by atoms with Gasteiger partial charge in [0.2, 0.25) is 0 Å². The predicted molar refractivity (Wildman–Crippen MR) is 117 cm³/mol. The van der Waals surface area contributed by atoms with Crippen LogP contribution in [0.5, 0.6) is 0 Å². The molecule has 0 bridgehead atoms. The van der Waals surface area contributed by atoms with E-state index in [1.54, 1.807) is 6.07 Å². The molecule has 4 rings (SSSR count). The summed E-state index contributed by atoms with van der Waals surface area (Å²) >= 11 is 6.49. The molecular formula is C24H23ClN2O. The van der Waals surface area contributed by atoms with Gasteiger partial charge in [-0.15, -0.1) is 0 Å². The highest BCUT2D eigenvalue weighted by atomic mass is 35.5. The van der Waals surface area contributed by atoms with Gasteiger partial charge in [-0.1, -0.05) is 48.0 Å². The smallest absolute Gasteiger partial charge is 0.194 e. The van der Waals surface area contributed by atoms with E-state index in [0.717, 1.165) is 30.0 Å². The number of nitrogens with zero attached hydrogens (tertiary/aromatic N) is 1. The second-order valence-corrected chi connectivity index (χ2v) is 7.58. The highest BCUT2D eigenvalue weighted by Gasteiger charge is 2.17. The minimum atomic E-state index is -0.0490. The summed E-state index contributed by atoms with van der Waals surface area (Å²) in [6.07, 6.45) is 2.46. The molecule has 3 nitrogen and oxygen atoms in total. The van der Waals surface area contributed by atoms with Gasteiger partial charge in [-0.2, -0.15) is 0 Å². The number of carbonyl (C=O) groups is 1. The van der Waals surface area contributed by atoms with E-state index in [0.29, 0.717) is 16.1 Å². The third-order valence-corrected chi connectivity index (χ3v) is 5.55. The van der Waals surface area contributed by atoms with Crippen molar-refractivity contribution in [1.29, 1.82) is 0 Å². The molecule has 1 aliphatic heterocycles. The lowest BCUT2D eigenvalue weighted by molar-refractivity contribution is 0.103. The zero-order valence-electron chi connectivity index (χ0n) is 15.9. The number of aryl methyl sites for hydroxylation is 1. The topological polar surface area (TPSA) is 32.3 Å². The zero-order chi connectivity index (χ0) is 19.5. The van der Waals surface area contributed by atoms with Crippen LogP contribution in [0.3, 0.4) is 0 Å². The first-order valence-corrected chi connectivity index (χ1v) is 10.0. The second-order valence-electron chi connectivity index (χ2n) is 7.17. The number of nitrogens with one attached hydrogen (secondary N) is 1. The summed E-state index contributed by atoms with van der Waals surface area (Å²) in [6.45, 7) is 4.11. The lowest BCUT2D eigenvalue weighted by Crippen LogP contribution is -2.18. The summed E-state index contributed by atoms with van der Waals surface area (Å²) in [4.78, 5) is 15.3. The Morgan fingerprint density at radius 2 is 1.64 bits per heavy atom. The molecule has 0 radical (unpaired) electrons. The average molecular weight is 391 g/mol. The highest BCUT2D eigenvalue weighted by molar-refractivity contribution is 6.35. The summed E-state index contributed by atoms with van der Waals surface area (Å²) in [5.41, 5.74) is 5.29. The third kappa shape index (κ3) is 3.76. The lowest BCUT2D eigenvalue weighted by atomic mass is 9.99. The molecular weight excluding hydrogens is 368 g/mol. The maximum atomic E-state index is 12.9. The van der Waals surface area contributed by atoms with Gasteiger partial charge in [-0.05, 0) is 55.7 Å². The van der Waals surface area contributed by atoms with Crippen LogP contribution in [0, 0.1) is 6.92 Å². The normalized spacial score (nSPS) is 13.6. The first kappa shape index (κ1) is 18.6. The number of para-hydroxylation sites is 2. The lowest BCUT2D eigenvalue weighted by Gasteiger charge is -2.22. The van der Waals surface area contributed by atoms with E-state index in [2.05, 4.69) is 28.4 Å². The van der Waals surface area contributed by atoms with Crippen molar-refractivity contribution in [2.75, 3.05) is 23.3 Å². The van der Waals surface area contributed by atoms with Gasteiger partial charge < -0.3 is 10.2 Å². The average Bonchev–Trinajstić information content (AvgIpc) is 3.23. The fraction of sp³-hybridized carbons (Fsp3) is 0.208. The number of anilines is 3. The van der Waals surface area contributed by atoms with Crippen molar-refractivity contribution in [3.63, 3.8) is 0 Å². The van der Waals surface area contributed by atoms with Crippen LogP contribution in [0.4, 0.5) is 17.1 Å². The second kappa shape index (κ2) is 8.07. The van der Waals surface area contributed by atoms with E-state index in [1.165, 1.54) is 18.5 Å². The van der Waals surface area contributed by atoms with Crippen LogP contribution in [0.25, 0.3) is 0 Å². The number of benzene rings is 3. The first-order chi connectivity index (χ1) is 13.6. The summed E-state index contributed by atoms with van der Waals surface area (Å²) in [7, 11) is 0.